The molecule has 25 heavy (non-hydrogen) atoms. The molecule has 0 heterocycles. The van der Waals surface area contributed by atoms with Gasteiger partial charge in [-0.3, -0.25) is 0 Å². The maximum Gasteiger partial charge on any atom is 0.104 e. The number of unbranched alkanes of at least 4 members (excludes halogenated alkanes) is 2. The molecule has 1 aromatic rings. The smallest absolute Gasteiger partial charge is 0.104 e. The predicted molar refractivity (Wildman–Crippen MR) is 108 cm³/mol. The molecule has 1 nitrogen and oxygen atoms in total. The second kappa shape index (κ2) is 14.6. The summed E-state index contributed by atoms with van der Waals surface area (Å²) in [7, 11) is 0. The van der Waals surface area contributed by atoms with Crippen molar-refractivity contribution in [2.75, 3.05) is 19.6 Å². The molecular formula is C23H42ClN. The van der Waals surface area contributed by atoms with Crippen molar-refractivity contribution in [1.29, 1.82) is 0 Å². The molecule has 0 fully saturated rings. The highest BCUT2D eigenvalue weighted by molar-refractivity contribution is 5.13. The normalized spacial score (nSPS) is 12.6. The molecule has 0 spiro atoms. The van der Waals surface area contributed by atoms with E-state index in [0.29, 0.717) is 0 Å². The van der Waals surface area contributed by atoms with Crippen LogP contribution in [0.3, 0.4) is 0 Å². The van der Waals surface area contributed by atoms with E-state index in [-0.39, 0.29) is 12.4 Å². The molecule has 1 aromatic carbocycles. The molecule has 0 saturated heterocycles. The van der Waals surface area contributed by atoms with Crippen LogP contribution in [0.5, 0.6) is 0 Å². The minimum atomic E-state index is 0. The Kier molecular flexibility index (Phi) is 14.3. The van der Waals surface area contributed by atoms with Crippen LogP contribution in [0, 0.1) is 5.92 Å². The Morgan fingerprint density at radius 2 is 1.36 bits per heavy atom. The summed E-state index contributed by atoms with van der Waals surface area (Å²) in [5, 5.41) is 0. The first-order chi connectivity index (χ1) is 11.7. The van der Waals surface area contributed by atoms with Gasteiger partial charge in [0.05, 0.1) is 19.6 Å². The first kappa shape index (κ1) is 24.5. The van der Waals surface area contributed by atoms with Gasteiger partial charge in [-0.15, -0.1) is 0 Å². The predicted octanol–water partition coefficient (Wildman–Crippen LogP) is 3.82. The Balaban J connectivity index is 0.00000576. The SMILES string of the molecule is CCCC[N+](CCCC)(CCC(CC)CCC)Cc1ccccc1.[Cl-]. The van der Waals surface area contributed by atoms with Crippen LogP contribution in [-0.2, 0) is 6.54 Å². The number of rotatable bonds is 14. The molecule has 1 unspecified atom stereocenters. The van der Waals surface area contributed by atoms with Crippen molar-refractivity contribution in [3.8, 4) is 0 Å². The van der Waals surface area contributed by atoms with E-state index in [4.69, 9.17) is 0 Å². The maximum absolute atomic E-state index is 2.38. The Hall–Kier alpha value is -0.530. The van der Waals surface area contributed by atoms with Gasteiger partial charge >= 0.3 is 0 Å². The number of hydrogen-bond acceptors (Lipinski definition) is 0. The average Bonchev–Trinajstić information content (AvgIpc) is 2.62. The molecular weight excluding hydrogens is 326 g/mol. The number of halogens is 1. The first-order valence-corrected chi connectivity index (χ1v) is 10.6. The quantitative estimate of drug-likeness (QED) is 0.438. The number of hydrogen-bond donors (Lipinski definition) is 0. The van der Waals surface area contributed by atoms with Crippen LogP contribution in [-0.4, -0.2) is 24.1 Å². The molecule has 0 aliphatic rings. The van der Waals surface area contributed by atoms with E-state index < -0.39 is 0 Å². The first-order valence-electron chi connectivity index (χ1n) is 10.6. The van der Waals surface area contributed by atoms with Crippen LogP contribution >= 0.6 is 0 Å². The van der Waals surface area contributed by atoms with E-state index in [1.165, 1.54) is 87.6 Å². The zero-order chi connectivity index (χ0) is 17.7. The van der Waals surface area contributed by atoms with Crippen LogP contribution in [0.4, 0.5) is 0 Å². The summed E-state index contributed by atoms with van der Waals surface area (Å²) in [5.41, 5.74) is 1.52. The number of benzene rings is 1. The van der Waals surface area contributed by atoms with Crippen molar-refractivity contribution in [3.05, 3.63) is 35.9 Å². The van der Waals surface area contributed by atoms with E-state index in [2.05, 4.69) is 58.0 Å². The van der Waals surface area contributed by atoms with E-state index in [0.717, 1.165) is 5.92 Å². The molecule has 0 bridgehead atoms. The lowest BCUT2D eigenvalue weighted by atomic mass is 9.95. The fraction of sp³-hybridized carbons (Fsp3) is 0.739. The van der Waals surface area contributed by atoms with Gasteiger partial charge in [0.2, 0.25) is 0 Å². The highest BCUT2D eigenvalue weighted by Crippen LogP contribution is 2.23. The number of nitrogens with zero attached hydrogens (tertiary/aromatic N) is 1. The summed E-state index contributed by atoms with van der Waals surface area (Å²) in [6.45, 7) is 14.7. The fourth-order valence-corrected chi connectivity index (χ4v) is 3.95. The molecule has 0 amide bonds. The molecule has 1 atom stereocenters. The number of quaternary nitrogens is 1. The van der Waals surface area contributed by atoms with E-state index in [1.807, 2.05) is 0 Å². The Morgan fingerprint density at radius 1 is 0.760 bits per heavy atom. The lowest BCUT2D eigenvalue weighted by Crippen LogP contribution is -3.00. The van der Waals surface area contributed by atoms with Crippen LogP contribution < -0.4 is 12.4 Å². The van der Waals surface area contributed by atoms with Crippen LogP contribution in [0.15, 0.2) is 30.3 Å². The third-order valence-corrected chi connectivity index (χ3v) is 5.62. The Morgan fingerprint density at radius 3 is 1.84 bits per heavy atom. The van der Waals surface area contributed by atoms with Gasteiger partial charge in [-0.1, -0.05) is 90.1 Å². The van der Waals surface area contributed by atoms with Crippen LogP contribution in [0.2, 0.25) is 0 Å². The Bertz CT molecular complexity index is 396. The molecule has 2 heteroatoms. The van der Waals surface area contributed by atoms with E-state index in [9.17, 15) is 0 Å². The molecule has 1 rings (SSSR count). The van der Waals surface area contributed by atoms with Gasteiger partial charge in [0, 0.05) is 5.56 Å². The largest absolute Gasteiger partial charge is 1.00 e. The minimum Gasteiger partial charge on any atom is -1.00 e. The summed E-state index contributed by atoms with van der Waals surface area (Å²) in [5.74, 6) is 0.923. The fourth-order valence-electron chi connectivity index (χ4n) is 3.95. The maximum atomic E-state index is 2.38. The molecule has 0 aromatic heterocycles. The summed E-state index contributed by atoms with van der Waals surface area (Å²) < 4.78 is 1.31. The van der Waals surface area contributed by atoms with Crippen LogP contribution in [0.25, 0.3) is 0 Å². The van der Waals surface area contributed by atoms with Crippen molar-refractivity contribution in [1.82, 2.24) is 0 Å². The summed E-state index contributed by atoms with van der Waals surface area (Å²) >= 11 is 0. The van der Waals surface area contributed by atoms with E-state index >= 15 is 0 Å². The topological polar surface area (TPSA) is 0 Å². The van der Waals surface area contributed by atoms with Gasteiger partial charge in [0.15, 0.2) is 0 Å². The van der Waals surface area contributed by atoms with Crippen molar-refractivity contribution in [2.24, 2.45) is 5.92 Å². The average molecular weight is 368 g/mol. The summed E-state index contributed by atoms with van der Waals surface area (Å²) in [6, 6.07) is 11.2. The highest BCUT2D eigenvalue weighted by Gasteiger charge is 2.27. The summed E-state index contributed by atoms with van der Waals surface area (Å²) in [6.07, 6.45) is 10.8. The van der Waals surface area contributed by atoms with E-state index in [1.54, 1.807) is 0 Å². The lowest BCUT2D eigenvalue weighted by Gasteiger charge is -2.40. The summed E-state index contributed by atoms with van der Waals surface area (Å²) in [4.78, 5) is 0. The van der Waals surface area contributed by atoms with Crippen molar-refractivity contribution in [2.45, 2.75) is 85.6 Å². The third-order valence-electron chi connectivity index (χ3n) is 5.62. The zero-order valence-corrected chi connectivity index (χ0v) is 18.0. The molecule has 0 saturated carbocycles. The second-order valence-electron chi connectivity index (χ2n) is 7.71. The second-order valence-corrected chi connectivity index (χ2v) is 7.71. The molecule has 0 aliphatic heterocycles. The monoisotopic (exact) mass is 367 g/mol. The van der Waals surface area contributed by atoms with Crippen LogP contribution in [0.1, 0.15) is 84.6 Å². The van der Waals surface area contributed by atoms with Crippen molar-refractivity contribution < 1.29 is 16.9 Å². The molecule has 146 valence electrons. The zero-order valence-electron chi connectivity index (χ0n) is 17.3. The van der Waals surface area contributed by atoms with Gasteiger partial charge in [-0.2, -0.15) is 0 Å². The van der Waals surface area contributed by atoms with Gasteiger partial charge in [0.25, 0.3) is 0 Å². The minimum absolute atomic E-state index is 0. The molecule has 0 radical (unpaired) electrons. The Labute approximate surface area is 164 Å². The standard InChI is InChI=1S/C23H42N.ClH/c1-5-9-18-24(19-10-6-2,20-17-22(8-4)14-7-3)21-23-15-12-11-13-16-23;/h11-13,15-16,22H,5-10,14,17-21H2,1-4H3;1H/q+1;/p-1. The van der Waals surface area contributed by atoms with Gasteiger partial charge in [-0.05, 0) is 25.2 Å². The van der Waals surface area contributed by atoms with Gasteiger partial charge in [0.1, 0.15) is 6.54 Å². The third kappa shape index (κ3) is 9.66. The highest BCUT2D eigenvalue weighted by atomic mass is 35.5. The van der Waals surface area contributed by atoms with Gasteiger partial charge in [-0.25, -0.2) is 0 Å². The van der Waals surface area contributed by atoms with Crippen molar-refractivity contribution >= 4 is 0 Å². The lowest BCUT2D eigenvalue weighted by molar-refractivity contribution is -0.941. The molecule has 0 aliphatic carbocycles. The van der Waals surface area contributed by atoms with Gasteiger partial charge < -0.3 is 16.9 Å². The van der Waals surface area contributed by atoms with Crippen molar-refractivity contribution in [3.63, 3.8) is 0 Å². The molecule has 0 N–H and O–H groups in total.